The van der Waals surface area contributed by atoms with Crippen LogP contribution in [0, 0.1) is 5.92 Å². The van der Waals surface area contributed by atoms with E-state index in [0.717, 1.165) is 5.56 Å². The number of esters is 1. The van der Waals surface area contributed by atoms with Crippen molar-refractivity contribution < 1.29 is 23.7 Å². The molecule has 0 bridgehead atoms. The van der Waals surface area contributed by atoms with E-state index >= 15 is 0 Å². The average Bonchev–Trinajstić information content (AvgIpc) is 2.57. The smallest absolute Gasteiger partial charge is 0.307 e. The predicted molar refractivity (Wildman–Crippen MR) is 92.8 cm³/mol. The van der Waals surface area contributed by atoms with Crippen molar-refractivity contribution in [2.75, 3.05) is 27.9 Å². The van der Waals surface area contributed by atoms with E-state index < -0.39 is 0 Å². The quantitative estimate of drug-likeness (QED) is 0.661. The van der Waals surface area contributed by atoms with Crippen LogP contribution in [0.25, 0.3) is 0 Å². The molecule has 0 amide bonds. The molecular weight excluding hydrogens is 310 g/mol. The minimum absolute atomic E-state index is 0.0307. The summed E-state index contributed by atoms with van der Waals surface area (Å²) in [6.07, 6.45) is 0.343. The van der Waals surface area contributed by atoms with Crippen molar-refractivity contribution in [3.8, 4) is 17.2 Å². The standard InChI is InChI=1S/C18H29NO5/c1-7-24-17(20)10-14(12(2)3)19-11-13-8-15(21-4)18(23-6)16(9-13)22-5/h8-9,12,14,19H,7,10-11H2,1-6H3. The van der Waals surface area contributed by atoms with Crippen LogP contribution < -0.4 is 19.5 Å². The fraction of sp³-hybridized carbons (Fsp3) is 0.611. The molecule has 0 aliphatic carbocycles. The van der Waals surface area contributed by atoms with Crippen LogP contribution in [0.4, 0.5) is 0 Å². The van der Waals surface area contributed by atoms with Crippen molar-refractivity contribution in [1.29, 1.82) is 0 Å². The van der Waals surface area contributed by atoms with E-state index in [1.54, 1.807) is 21.3 Å². The van der Waals surface area contributed by atoms with Gasteiger partial charge in [-0.25, -0.2) is 0 Å². The molecule has 0 saturated carbocycles. The molecule has 1 N–H and O–H groups in total. The van der Waals surface area contributed by atoms with Gasteiger partial charge in [-0.05, 0) is 30.5 Å². The molecule has 6 heteroatoms. The number of rotatable bonds is 10. The van der Waals surface area contributed by atoms with Gasteiger partial charge in [-0.15, -0.1) is 0 Å². The van der Waals surface area contributed by atoms with Gasteiger partial charge in [-0.1, -0.05) is 13.8 Å². The highest BCUT2D eigenvalue weighted by atomic mass is 16.5. The summed E-state index contributed by atoms with van der Waals surface area (Å²) < 4.78 is 21.1. The lowest BCUT2D eigenvalue weighted by molar-refractivity contribution is -0.144. The van der Waals surface area contributed by atoms with Gasteiger partial charge in [0.1, 0.15) is 0 Å². The molecule has 0 aliphatic rings. The van der Waals surface area contributed by atoms with Crippen molar-refractivity contribution in [2.24, 2.45) is 5.92 Å². The van der Waals surface area contributed by atoms with Gasteiger partial charge in [0, 0.05) is 12.6 Å². The lowest BCUT2D eigenvalue weighted by Crippen LogP contribution is -2.36. The van der Waals surface area contributed by atoms with Crippen LogP contribution in [0.5, 0.6) is 17.2 Å². The first-order chi connectivity index (χ1) is 11.5. The van der Waals surface area contributed by atoms with E-state index in [0.29, 0.717) is 42.7 Å². The minimum Gasteiger partial charge on any atom is -0.493 e. The van der Waals surface area contributed by atoms with Crippen molar-refractivity contribution >= 4 is 5.97 Å². The van der Waals surface area contributed by atoms with E-state index in [1.165, 1.54) is 0 Å². The molecule has 0 fully saturated rings. The van der Waals surface area contributed by atoms with Gasteiger partial charge in [0.25, 0.3) is 0 Å². The summed E-state index contributed by atoms with van der Waals surface area (Å²) in [5, 5.41) is 3.41. The van der Waals surface area contributed by atoms with Gasteiger partial charge in [0.15, 0.2) is 11.5 Å². The molecule has 1 atom stereocenters. The van der Waals surface area contributed by atoms with Crippen LogP contribution in [0.15, 0.2) is 12.1 Å². The van der Waals surface area contributed by atoms with Crippen molar-refractivity contribution in [3.63, 3.8) is 0 Å². The Balaban J connectivity index is 2.85. The van der Waals surface area contributed by atoms with Crippen LogP contribution in [-0.4, -0.2) is 39.9 Å². The van der Waals surface area contributed by atoms with E-state index in [-0.39, 0.29) is 12.0 Å². The molecule has 0 aliphatic heterocycles. The van der Waals surface area contributed by atoms with Gasteiger partial charge in [-0.3, -0.25) is 4.79 Å². The van der Waals surface area contributed by atoms with Crippen molar-refractivity contribution in [2.45, 2.75) is 39.8 Å². The van der Waals surface area contributed by atoms with Gasteiger partial charge < -0.3 is 24.3 Å². The molecule has 1 aromatic carbocycles. The maximum atomic E-state index is 11.7. The first-order valence-corrected chi connectivity index (χ1v) is 8.14. The van der Waals surface area contributed by atoms with Gasteiger partial charge >= 0.3 is 5.97 Å². The number of hydrogen-bond acceptors (Lipinski definition) is 6. The van der Waals surface area contributed by atoms with Crippen LogP contribution in [0.2, 0.25) is 0 Å². The summed E-state index contributed by atoms with van der Waals surface area (Å²) in [4.78, 5) is 11.7. The summed E-state index contributed by atoms with van der Waals surface area (Å²) in [5.74, 6) is 1.90. The summed E-state index contributed by atoms with van der Waals surface area (Å²) >= 11 is 0. The number of carbonyl (C=O) groups is 1. The Morgan fingerprint density at radius 3 is 2.08 bits per heavy atom. The van der Waals surface area contributed by atoms with Crippen molar-refractivity contribution in [1.82, 2.24) is 5.32 Å². The Morgan fingerprint density at radius 2 is 1.67 bits per heavy atom. The van der Waals surface area contributed by atoms with Gasteiger partial charge in [0.05, 0.1) is 34.4 Å². The Morgan fingerprint density at radius 1 is 1.08 bits per heavy atom. The summed E-state index contributed by atoms with van der Waals surface area (Å²) in [7, 11) is 4.75. The van der Waals surface area contributed by atoms with E-state index in [9.17, 15) is 4.79 Å². The molecule has 0 aromatic heterocycles. The van der Waals surface area contributed by atoms with E-state index in [2.05, 4.69) is 19.2 Å². The third-order valence-electron chi connectivity index (χ3n) is 3.79. The summed E-state index contributed by atoms with van der Waals surface area (Å²) in [6, 6.07) is 3.83. The minimum atomic E-state index is -0.186. The second-order valence-electron chi connectivity index (χ2n) is 5.77. The van der Waals surface area contributed by atoms with Crippen LogP contribution >= 0.6 is 0 Å². The molecule has 1 unspecified atom stereocenters. The predicted octanol–water partition coefficient (Wildman–Crippen LogP) is 2.78. The highest BCUT2D eigenvalue weighted by molar-refractivity contribution is 5.70. The van der Waals surface area contributed by atoms with Gasteiger partial charge in [-0.2, -0.15) is 0 Å². The van der Waals surface area contributed by atoms with E-state index in [1.807, 2.05) is 19.1 Å². The normalized spacial score (nSPS) is 12.0. The van der Waals surface area contributed by atoms with E-state index in [4.69, 9.17) is 18.9 Å². The topological polar surface area (TPSA) is 66.0 Å². The number of nitrogens with one attached hydrogen (secondary N) is 1. The van der Waals surface area contributed by atoms with Crippen LogP contribution in [-0.2, 0) is 16.1 Å². The number of ether oxygens (including phenoxy) is 4. The van der Waals surface area contributed by atoms with Crippen LogP contribution in [0.1, 0.15) is 32.8 Å². The third kappa shape index (κ3) is 5.60. The third-order valence-corrected chi connectivity index (χ3v) is 3.79. The Hall–Kier alpha value is -1.95. The second-order valence-corrected chi connectivity index (χ2v) is 5.77. The number of benzene rings is 1. The number of carbonyl (C=O) groups excluding carboxylic acids is 1. The molecule has 24 heavy (non-hydrogen) atoms. The number of hydrogen-bond donors (Lipinski definition) is 1. The molecule has 6 nitrogen and oxygen atoms in total. The average molecular weight is 339 g/mol. The lowest BCUT2D eigenvalue weighted by Gasteiger charge is -2.22. The fourth-order valence-corrected chi connectivity index (χ4v) is 2.43. The molecule has 136 valence electrons. The molecular formula is C18H29NO5. The molecule has 0 saturated heterocycles. The Bertz CT molecular complexity index is 505. The van der Waals surface area contributed by atoms with Crippen LogP contribution in [0.3, 0.4) is 0 Å². The molecule has 0 spiro atoms. The Kier molecular flexibility index (Phi) is 8.40. The summed E-state index contributed by atoms with van der Waals surface area (Å²) in [5.41, 5.74) is 0.985. The van der Waals surface area contributed by atoms with Gasteiger partial charge in [0.2, 0.25) is 5.75 Å². The zero-order chi connectivity index (χ0) is 18.1. The highest BCUT2D eigenvalue weighted by Gasteiger charge is 2.19. The maximum Gasteiger partial charge on any atom is 0.307 e. The largest absolute Gasteiger partial charge is 0.493 e. The zero-order valence-corrected chi connectivity index (χ0v) is 15.5. The molecule has 0 radical (unpaired) electrons. The molecule has 0 heterocycles. The Labute approximate surface area is 144 Å². The SMILES string of the molecule is CCOC(=O)CC(NCc1cc(OC)c(OC)c(OC)c1)C(C)C. The molecule has 1 aromatic rings. The first kappa shape index (κ1) is 20.1. The second kappa shape index (κ2) is 10.0. The maximum absolute atomic E-state index is 11.7. The molecule has 1 rings (SSSR count). The monoisotopic (exact) mass is 339 g/mol. The highest BCUT2D eigenvalue weighted by Crippen LogP contribution is 2.38. The fourth-order valence-electron chi connectivity index (χ4n) is 2.43. The van der Waals surface area contributed by atoms with Crippen molar-refractivity contribution in [3.05, 3.63) is 17.7 Å². The first-order valence-electron chi connectivity index (χ1n) is 8.14. The number of methoxy groups -OCH3 is 3. The lowest BCUT2D eigenvalue weighted by atomic mass is 10.0. The zero-order valence-electron chi connectivity index (χ0n) is 15.5. The summed E-state index contributed by atoms with van der Waals surface area (Å²) in [6.45, 7) is 6.94.